The second-order valence-corrected chi connectivity index (χ2v) is 53.0. The van der Waals surface area contributed by atoms with E-state index in [1.54, 1.807) is 0 Å². The summed E-state index contributed by atoms with van der Waals surface area (Å²) in [7, 11) is -0.977. The van der Waals surface area contributed by atoms with Crippen molar-refractivity contribution in [2.75, 3.05) is 13.2 Å². The Morgan fingerprint density at radius 2 is 0.579 bits per heavy atom. The third-order valence-corrected chi connectivity index (χ3v) is 43.2. The van der Waals surface area contributed by atoms with E-state index < -0.39 is 39.9 Å². The zero-order chi connectivity index (χ0) is 101. The molecular weight excluding hydrogens is 1870 g/mol. The van der Waals surface area contributed by atoms with Crippen molar-refractivity contribution >= 4 is 79.4 Å². The highest BCUT2D eigenvalue weighted by Crippen LogP contribution is 2.67. The van der Waals surface area contributed by atoms with Crippen LogP contribution in [0.1, 0.15) is 201 Å². The van der Waals surface area contributed by atoms with Crippen LogP contribution < -0.4 is 18.9 Å². The average Bonchev–Trinajstić information content (AvgIpc) is 1.57. The van der Waals surface area contributed by atoms with Crippen LogP contribution in [-0.4, -0.2) is 60.2 Å². The third kappa shape index (κ3) is 20.7. The van der Waals surface area contributed by atoms with E-state index in [0.29, 0.717) is 42.6 Å². The molecule has 12 aromatic rings. The van der Waals surface area contributed by atoms with Gasteiger partial charge in [0.05, 0.1) is 60.8 Å². The maximum absolute atomic E-state index is 13.6. The molecule has 0 N–H and O–H groups in total. The van der Waals surface area contributed by atoms with Gasteiger partial charge in [-0.05, 0) is 397 Å². The Morgan fingerprint density at radius 3 is 0.869 bits per heavy atom. The van der Waals surface area contributed by atoms with Crippen molar-refractivity contribution in [2.24, 2.45) is 80.8 Å². The zero-order valence-electron chi connectivity index (χ0n) is 86.0. The summed E-state index contributed by atoms with van der Waals surface area (Å²) in [5, 5.41) is 0. The molecule has 1 aliphatic heterocycles. The average molecular weight is 2010 g/mol. The number of benzene rings is 12. The predicted molar refractivity (Wildman–Crippen MR) is 575 cm³/mol. The molecule has 145 heavy (non-hydrogen) atoms. The molecule has 2 unspecified atom stereocenters. The van der Waals surface area contributed by atoms with Crippen LogP contribution in [0.3, 0.4) is 0 Å². The topological polar surface area (TPSA) is 167 Å². The number of ether oxygens (including phenoxy) is 7. The second kappa shape index (κ2) is 42.1. The largest absolute Gasteiger partial charge is 0.481 e. The summed E-state index contributed by atoms with van der Waals surface area (Å²) >= 11 is 0. The van der Waals surface area contributed by atoms with Gasteiger partial charge in [0.2, 0.25) is 5.60 Å². The van der Waals surface area contributed by atoms with Crippen molar-refractivity contribution in [3.8, 4) is 23.0 Å². The SMILES string of the molecule is Cc1cc([S+](c2ccccc2)c2ccccc2)cc(C)c1OC(=O)C12CC3CC(CC(C3)C1)C2.Cc1cc([S+](c2ccccc2)c2ccccc2)cc(C)c1OC(=O)C12CCC(C)(C(=O)O1)C2(C)C.Cc1cc([S+](c2ccccc2)c2ccccc2)cc(C)c1OC(=O)CC12CC3CC(CC(C3)C1)C2.Cc1cc([S+](c2ccccc2)c2ccccc2)cc(C)c1OCC(=O)OCC(=O)OC1(C)C2CC3CC(C2)CC1C3. The molecule has 0 spiro atoms. The van der Waals surface area contributed by atoms with Crippen LogP contribution >= 0.6 is 0 Å². The van der Waals surface area contributed by atoms with Gasteiger partial charge < -0.3 is 33.2 Å². The van der Waals surface area contributed by atoms with Crippen molar-refractivity contribution in [1.82, 2.24) is 0 Å². The summed E-state index contributed by atoms with van der Waals surface area (Å²) < 4.78 is 41.4. The van der Waals surface area contributed by atoms with E-state index in [-0.39, 0.29) is 85.5 Å². The van der Waals surface area contributed by atoms with Crippen molar-refractivity contribution in [1.29, 1.82) is 0 Å². The second-order valence-electron chi connectivity index (χ2n) is 44.9. The summed E-state index contributed by atoms with van der Waals surface area (Å²) in [6, 6.07) is 102. The van der Waals surface area contributed by atoms with Gasteiger partial charge in [-0.25, -0.2) is 14.4 Å². The number of rotatable bonds is 25. The Bertz CT molecular complexity index is 6390. The van der Waals surface area contributed by atoms with Gasteiger partial charge in [0, 0.05) is 53.9 Å². The van der Waals surface area contributed by atoms with Gasteiger partial charge in [-0.2, -0.15) is 0 Å². The Hall–Kier alpha value is -11.3. The Morgan fingerprint density at radius 1 is 0.303 bits per heavy atom. The first-order valence-corrected chi connectivity index (χ1v) is 57.5. The molecule has 14 bridgehead atoms. The molecule has 0 amide bonds. The molecule has 1 heterocycles. The predicted octanol–water partition coefficient (Wildman–Crippen LogP) is 28.9. The normalized spacial score (nSPS) is 26.1. The first-order chi connectivity index (χ1) is 69.9. The molecule has 14 aliphatic rings. The minimum Gasteiger partial charge on any atom is -0.481 e. The number of aryl methyl sites for hydroxylation is 8. The van der Waals surface area contributed by atoms with Crippen LogP contribution in [0.5, 0.6) is 23.0 Å². The summed E-state index contributed by atoms with van der Waals surface area (Å²) in [4.78, 5) is 93.3. The summed E-state index contributed by atoms with van der Waals surface area (Å²) in [5.41, 5.74) is 4.87. The van der Waals surface area contributed by atoms with Gasteiger partial charge in [-0.1, -0.05) is 159 Å². The number of fused-ring (bicyclic) bond motifs is 2. The molecule has 2 atom stereocenters. The van der Waals surface area contributed by atoms with Gasteiger partial charge in [-0.15, -0.1) is 0 Å². The van der Waals surface area contributed by atoms with Gasteiger partial charge in [-0.3, -0.25) is 14.4 Å². The Balaban J connectivity index is 0.000000118. The molecule has 13 nitrogen and oxygen atoms in total. The number of carbonyl (C=O) groups is 6. The molecule has 13 saturated carbocycles. The van der Waals surface area contributed by atoms with Gasteiger partial charge >= 0.3 is 35.8 Å². The number of esters is 6. The molecule has 1 saturated heterocycles. The van der Waals surface area contributed by atoms with Gasteiger partial charge in [0.25, 0.3) is 0 Å². The molecule has 0 aromatic heterocycles. The van der Waals surface area contributed by atoms with Crippen LogP contribution in [0.15, 0.2) is 350 Å². The van der Waals surface area contributed by atoms with E-state index in [1.807, 2.05) is 72.7 Å². The summed E-state index contributed by atoms with van der Waals surface area (Å²) in [6.45, 7) is 23.5. The molecule has 0 radical (unpaired) electrons. The Kier molecular flexibility index (Phi) is 29.3. The lowest BCUT2D eigenvalue weighted by molar-refractivity contribution is -0.207. The highest BCUT2D eigenvalue weighted by atomic mass is 32.2. The molecule has 748 valence electrons. The summed E-state index contributed by atoms with van der Waals surface area (Å²) in [5.74, 6) is 8.16. The van der Waals surface area contributed by atoms with Gasteiger partial charge in [0.15, 0.2) is 72.0 Å². The van der Waals surface area contributed by atoms with E-state index in [4.69, 9.17) is 33.2 Å². The van der Waals surface area contributed by atoms with Crippen molar-refractivity contribution in [2.45, 2.75) is 281 Å². The van der Waals surface area contributed by atoms with Crippen molar-refractivity contribution in [3.63, 3.8) is 0 Å². The molecule has 17 heteroatoms. The van der Waals surface area contributed by atoms with Gasteiger partial charge in [0.1, 0.15) is 28.6 Å². The quantitative estimate of drug-likeness (QED) is 0.0230. The Labute approximate surface area is 869 Å². The minimum absolute atomic E-state index is 0.0315. The molecule has 26 rings (SSSR count). The lowest BCUT2D eigenvalue weighted by Gasteiger charge is -2.59. The molecular formula is C128H138O13S4+4. The van der Waals surface area contributed by atoms with Crippen LogP contribution in [0, 0.1) is 136 Å². The van der Waals surface area contributed by atoms with Crippen LogP contribution in [0.2, 0.25) is 0 Å². The van der Waals surface area contributed by atoms with Crippen LogP contribution in [0.4, 0.5) is 0 Å². The van der Waals surface area contributed by atoms with E-state index in [9.17, 15) is 28.8 Å². The number of hydrogen-bond donors (Lipinski definition) is 0. The number of carbonyl (C=O) groups excluding carboxylic acids is 6. The fourth-order valence-corrected chi connectivity index (χ4v) is 37.2. The smallest absolute Gasteiger partial charge is 0.356 e. The highest BCUT2D eigenvalue weighted by molar-refractivity contribution is 7.98. The van der Waals surface area contributed by atoms with Crippen LogP contribution in [0.25, 0.3) is 0 Å². The monoisotopic (exact) mass is 2010 g/mol. The van der Waals surface area contributed by atoms with Crippen LogP contribution in [-0.2, 0) is 86.6 Å². The first kappa shape index (κ1) is 101. The minimum atomic E-state index is -1.24. The lowest BCUT2D eigenvalue weighted by Crippen LogP contribution is -2.58. The maximum atomic E-state index is 13.6. The molecule has 14 fully saturated rings. The van der Waals surface area contributed by atoms with E-state index in [0.717, 1.165) is 153 Å². The molecule has 13 aliphatic carbocycles. The summed E-state index contributed by atoms with van der Waals surface area (Å²) in [6.07, 6.45) is 22.7. The standard InChI is InChI=1S/C35H39O5S.C32H35O2S.C31H33O2S.C30H31O4S/c1-23-14-31(41(29-10-6-4-7-11-29)30-12-8-5-9-13-30)15-24(2)34(23)39-21-32(36)38-22-33(37)40-35(3)27-17-25-16-26(19-27)20-28(35)18-25;1-22-13-29(35(27-9-5-3-6-10-27)28-11-7-4-8-12-28)14-23(2)31(22)34-30(33)21-32-18-24-15-25(19-32)17-26(16-24)20-32;1-21-13-28(34(26-9-5-3-6-10-26)27-11-7-4-8-12-27)14-22(2)29(21)33-30(32)31-18-23-15-24(19-31)17-25(16-23)20-31;1-20-18-24(35(22-12-8-6-9-13-22)23-14-10-7-11-15-23)19-21(2)25(20)33-27(32)30-17-16-29(5,26(31)34-30)28(30,3)4/h4-15,25-28H,16-22H2,1-3H3;3-14,24-26H,15-21H2,1-2H3;3-14,23-25H,15-20H2,1-2H3;6-15,18-19H,16-17H2,1-5H3/q4*+1. The zero-order valence-corrected chi connectivity index (χ0v) is 89.2. The third-order valence-electron chi connectivity index (χ3n) is 34.5. The lowest BCUT2D eigenvalue weighted by atomic mass is 9.49. The van der Waals surface area contributed by atoms with E-state index in [2.05, 4.69) is 302 Å². The van der Waals surface area contributed by atoms with Crippen molar-refractivity contribution in [3.05, 3.63) is 336 Å². The van der Waals surface area contributed by atoms with Crippen molar-refractivity contribution < 1.29 is 61.9 Å². The van der Waals surface area contributed by atoms with E-state index in [1.165, 1.54) is 118 Å². The fourth-order valence-electron chi connectivity index (χ4n) is 28.2. The highest BCUT2D eigenvalue weighted by Gasteiger charge is 2.77. The van der Waals surface area contributed by atoms with E-state index >= 15 is 0 Å². The molecule has 12 aromatic carbocycles. The first-order valence-electron chi connectivity index (χ1n) is 52.6. The maximum Gasteiger partial charge on any atom is 0.356 e. The number of hydrogen-bond acceptors (Lipinski definition) is 13. The fraction of sp³-hybridized carbons (Fsp3) is 0.391.